The van der Waals surface area contributed by atoms with E-state index in [0.717, 1.165) is 22.2 Å². The summed E-state index contributed by atoms with van der Waals surface area (Å²) in [6, 6.07) is 24.7. The van der Waals surface area contributed by atoms with Crippen LogP contribution < -0.4 is 4.74 Å². The van der Waals surface area contributed by atoms with E-state index in [1.54, 1.807) is 42.5 Å². The lowest BCUT2D eigenvalue weighted by Gasteiger charge is -2.40. The standard InChI is InChI=1S/C39H27F3N2O5/c1-22-24(7-5-9-32(22)39(40,41)42)18-31-35(45)34-30-15-10-23-6-3-4-8-28(23)29(30)16-17-33(34)38(36(31)46,26-11-13-27(48-2)14-12-26)49-37(47)25-19-43-21-44-20-25/h3-17,19-21,31H,18H2,1-2H3. The molecule has 7 rings (SSSR count). The number of rotatable bonds is 6. The lowest BCUT2D eigenvalue weighted by Crippen LogP contribution is -2.52. The molecule has 0 N–H and O–H groups in total. The summed E-state index contributed by atoms with van der Waals surface area (Å²) in [5, 5.41) is 3.00. The number of methoxy groups -OCH3 is 1. The fraction of sp³-hybridized carbons (Fsp3) is 0.154. The van der Waals surface area contributed by atoms with Crippen LogP contribution in [0.5, 0.6) is 5.75 Å². The molecule has 1 aliphatic carbocycles. The first kappa shape index (κ1) is 31.7. The highest BCUT2D eigenvalue weighted by Gasteiger charge is 2.56. The highest BCUT2D eigenvalue weighted by atomic mass is 19.4. The number of aromatic nitrogens is 2. The molecule has 10 heteroatoms. The maximum Gasteiger partial charge on any atom is 0.416 e. The second-order valence-corrected chi connectivity index (χ2v) is 11.9. The Morgan fingerprint density at radius 3 is 2.27 bits per heavy atom. The van der Waals surface area contributed by atoms with Crippen molar-refractivity contribution in [3.63, 3.8) is 0 Å². The molecule has 0 aliphatic heterocycles. The van der Waals surface area contributed by atoms with Gasteiger partial charge < -0.3 is 9.47 Å². The number of hydrogen-bond acceptors (Lipinski definition) is 7. The van der Waals surface area contributed by atoms with Crippen molar-refractivity contribution in [3.8, 4) is 5.75 Å². The quantitative estimate of drug-likeness (QED) is 0.102. The third-order valence-electron chi connectivity index (χ3n) is 9.25. The maximum atomic E-state index is 15.1. The van der Waals surface area contributed by atoms with Crippen molar-refractivity contribution in [2.75, 3.05) is 7.11 Å². The molecule has 0 fully saturated rings. The van der Waals surface area contributed by atoms with Gasteiger partial charge >= 0.3 is 12.1 Å². The number of Topliss-reactive ketones (excluding diaryl/α,β-unsaturated/α-hetero) is 2. The van der Waals surface area contributed by atoms with Crippen molar-refractivity contribution in [2.24, 2.45) is 5.92 Å². The second-order valence-electron chi connectivity index (χ2n) is 11.9. The van der Waals surface area contributed by atoms with Gasteiger partial charge in [-0.2, -0.15) is 13.2 Å². The van der Waals surface area contributed by atoms with Gasteiger partial charge in [0.1, 0.15) is 12.1 Å². The minimum Gasteiger partial charge on any atom is -0.497 e. The number of fused-ring (bicyclic) bond motifs is 5. The summed E-state index contributed by atoms with van der Waals surface area (Å²) in [5.74, 6) is -3.37. The molecule has 5 aromatic carbocycles. The number of nitrogens with zero attached hydrogens (tertiary/aromatic N) is 2. The summed E-state index contributed by atoms with van der Waals surface area (Å²) < 4.78 is 53.5. The number of benzene rings is 5. The van der Waals surface area contributed by atoms with Crippen LogP contribution in [0.2, 0.25) is 0 Å². The molecule has 49 heavy (non-hydrogen) atoms. The third kappa shape index (κ3) is 5.20. The van der Waals surface area contributed by atoms with E-state index in [2.05, 4.69) is 9.97 Å². The number of carbonyl (C=O) groups is 3. The average molecular weight is 661 g/mol. The zero-order valence-electron chi connectivity index (χ0n) is 26.2. The molecule has 7 nitrogen and oxygen atoms in total. The number of esters is 1. The molecule has 0 spiro atoms. The molecule has 1 heterocycles. The highest BCUT2D eigenvalue weighted by molar-refractivity contribution is 6.26. The molecular weight excluding hydrogens is 633 g/mol. The topological polar surface area (TPSA) is 95.4 Å². The van der Waals surface area contributed by atoms with Gasteiger partial charge in [0.05, 0.1) is 24.2 Å². The molecule has 0 amide bonds. The van der Waals surface area contributed by atoms with Gasteiger partial charge in [0.15, 0.2) is 11.6 Å². The van der Waals surface area contributed by atoms with Crippen molar-refractivity contribution in [3.05, 3.63) is 149 Å². The summed E-state index contributed by atoms with van der Waals surface area (Å²) in [5.41, 5.74) is -2.52. The molecule has 6 aromatic rings. The van der Waals surface area contributed by atoms with Crippen LogP contribution in [0, 0.1) is 12.8 Å². The lowest BCUT2D eigenvalue weighted by atomic mass is 9.66. The zero-order chi connectivity index (χ0) is 34.5. The molecule has 0 saturated heterocycles. The summed E-state index contributed by atoms with van der Waals surface area (Å²) in [6.07, 6.45) is -1.29. The summed E-state index contributed by atoms with van der Waals surface area (Å²) in [4.78, 5) is 51.5. The Hall–Kier alpha value is -5.90. The van der Waals surface area contributed by atoms with Gasteiger partial charge in [-0.3, -0.25) is 9.59 Å². The van der Waals surface area contributed by atoms with Crippen LogP contribution in [0.25, 0.3) is 21.5 Å². The fourth-order valence-corrected chi connectivity index (χ4v) is 6.83. The number of hydrogen-bond donors (Lipinski definition) is 0. The van der Waals surface area contributed by atoms with Crippen LogP contribution in [0.4, 0.5) is 13.2 Å². The molecule has 0 saturated carbocycles. The van der Waals surface area contributed by atoms with Gasteiger partial charge in [-0.05, 0) is 64.2 Å². The van der Waals surface area contributed by atoms with Crippen molar-refractivity contribution < 1.29 is 37.0 Å². The van der Waals surface area contributed by atoms with Crippen molar-refractivity contribution >= 4 is 39.1 Å². The number of carbonyl (C=O) groups excluding carboxylic acids is 3. The summed E-state index contributed by atoms with van der Waals surface area (Å²) in [6.45, 7) is 1.32. The van der Waals surface area contributed by atoms with E-state index in [4.69, 9.17) is 9.47 Å². The van der Waals surface area contributed by atoms with E-state index >= 15 is 4.79 Å². The van der Waals surface area contributed by atoms with Gasteiger partial charge in [-0.25, -0.2) is 14.8 Å². The molecule has 2 unspecified atom stereocenters. The van der Waals surface area contributed by atoms with Crippen molar-refractivity contribution in [2.45, 2.75) is 25.1 Å². The normalized spacial score (nSPS) is 17.6. The number of ether oxygens (including phenoxy) is 2. The Morgan fingerprint density at radius 1 is 0.837 bits per heavy atom. The van der Waals surface area contributed by atoms with Gasteiger partial charge in [0.25, 0.3) is 0 Å². The average Bonchev–Trinajstić information content (AvgIpc) is 3.11. The van der Waals surface area contributed by atoms with Crippen LogP contribution in [-0.2, 0) is 27.7 Å². The van der Waals surface area contributed by atoms with Crippen LogP contribution in [-0.4, -0.2) is 34.6 Å². The molecule has 244 valence electrons. The highest BCUT2D eigenvalue weighted by Crippen LogP contribution is 2.48. The molecule has 1 aromatic heterocycles. The van der Waals surface area contributed by atoms with E-state index in [1.807, 2.05) is 30.3 Å². The fourth-order valence-electron chi connectivity index (χ4n) is 6.83. The SMILES string of the molecule is COc1ccc(C2(OC(=O)c3cncnc3)C(=O)C(Cc3cccc(C(F)(F)F)c3C)C(=O)c3c2ccc2c3ccc3ccccc32)cc1. The van der Waals surface area contributed by atoms with Crippen LogP contribution in [0.15, 0.2) is 110 Å². The molecule has 1 aliphatic rings. The third-order valence-corrected chi connectivity index (χ3v) is 9.25. The summed E-state index contributed by atoms with van der Waals surface area (Å²) in [7, 11) is 1.48. The van der Waals surface area contributed by atoms with Crippen molar-refractivity contribution in [1.82, 2.24) is 9.97 Å². The second kappa shape index (κ2) is 12.0. The molecule has 2 atom stereocenters. The van der Waals surface area contributed by atoms with Crippen molar-refractivity contribution in [1.29, 1.82) is 0 Å². The van der Waals surface area contributed by atoms with Gasteiger partial charge in [-0.1, -0.05) is 72.8 Å². The first-order valence-corrected chi connectivity index (χ1v) is 15.4. The van der Waals surface area contributed by atoms with E-state index < -0.39 is 40.8 Å². The first-order valence-electron chi connectivity index (χ1n) is 15.4. The predicted octanol–water partition coefficient (Wildman–Crippen LogP) is 7.84. The van der Waals surface area contributed by atoms with Crippen LogP contribution in [0.1, 0.15) is 48.5 Å². The molecule has 0 radical (unpaired) electrons. The van der Waals surface area contributed by atoms with Gasteiger partial charge in [-0.15, -0.1) is 0 Å². The minimum absolute atomic E-state index is 0.0429. The zero-order valence-corrected chi connectivity index (χ0v) is 26.2. The number of halogens is 3. The van der Waals surface area contributed by atoms with E-state index in [1.165, 1.54) is 44.9 Å². The number of ketones is 2. The largest absolute Gasteiger partial charge is 0.497 e. The van der Waals surface area contributed by atoms with Crippen LogP contribution in [0.3, 0.4) is 0 Å². The first-order chi connectivity index (χ1) is 23.5. The molecule has 0 bridgehead atoms. The van der Waals surface area contributed by atoms with Gasteiger partial charge in [0, 0.05) is 29.1 Å². The van der Waals surface area contributed by atoms with Crippen LogP contribution >= 0.6 is 0 Å². The summed E-state index contributed by atoms with van der Waals surface area (Å²) >= 11 is 0. The van der Waals surface area contributed by atoms with E-state index in [9.17, 15) is 22.8 Å². The molecular formula is C39H27F3N2O5. The Kier molecular flexibility index (Phi) is 7.74. The Balaban J connectivity index is 1.53. The Morgan fingerprint density at radius 2 is 1.55 bits per heavy atom. The van der Waals surface area contributed by atoms with Gasteiger partial charge in [0.2, 0.25) is 5.60 Å². The smallest absolute Gasteiger partial charge is 0.416 e. The lowest BCUT2D eigenvalue weighted by molar-refractivity contribution is -0.139. The number of alkyl halides is 3. The Labute approximate surface area is 278 Å². The minimum atomic E-state index is -4.65. The van der Waals surface area contributed by atoms with E-state index in [-0.39, 0.29) is 39.8 Å². The maximum absolute atomic E-state index is 15.1. The monoisotopic (exact) mass is 660 g/mol. The van der Waals surface area contributed by atoms with E-state index in [0.29, 0.717) is 11.1 Å². The predicted molar refractivity (Wildman–Crippen MR) is 175 cm³/mol. The Bertz CT molecular complexity index is 2290.